The third-order valence-electron chi connectivity index (χ3n) is 3.83. The Kier molecular flexibility index (Phi) is 5.98. The molecule has 1 aliphatic rings. The van der Waals surface area contributed by atoms with Gasteiger partial charge >= 0.3 is 12.1 Å². The van der Waals surface area contributed by atoms with Gasteiger partial charge in [0.25, 0.3) is 0 Å². The molecule has 1 fully saturated rings. The minimum Gasteiger partial charge on any atom is -0.456 e. The highest BCUT2D eigenvalue weighted by Gasteiger charge is 2.37. The number of esters is 1. The number of ketones is 1. The Bertz CT molecular complexity index is 728. The van der Waals surface area contributed by atoms with Crippen molar-refractivity contribution in [2.75, 3.05) is 13.2 Å². The first-order valence-electron chi connectivity index (χ1n) is 8.41. The standard InChI is InChI=1S/C19H22N2O5/c1-19(2,3)26-18(24)21-10-4-5-15(21)17(23)25-12-16(22)14-8-6-13(11-20)7-9-14/h6-9,15H,4-5,10,12H2,1-3H3/t15-/m0/s1. The van der Waals surface area contributed by atoms with E-state index in [2.05, 4.69) is 0 Å². The van der Waals surface area contributed by atoms with E-state index in [-0.39, 0.29) is 5.78 Å². The Morgan fingerprint density at radius 1 is 1.23 bits per heavy atom. The molecule has 1 heterocycles. The smallest absolute Gasteiger partial charge is 0.411 e. The molecule has 0 aromatic heterocycles. The highest BCUT2D eigenvalue weighted by atomic mass is 16.6. The number of amides is 1. The lowest BCUT2D eigenvalue weighted by Crippen LogP contribution is -2.44. The molecule has 1 atom stereocenters. The minimum absolute atomic E-state index is 0.354. The molecule has 1 aromatic carbocycles. The maximum absolute atomic E-state index is 12.3. The quantitative estimate of drug-likeness (QED) is 0.606. The average molecular weight is 358 g/mol. The first kappa shape index (κ1) is 19.4. The third kappa shape index (κ3) is 5.06. The van der Waals surface area contributed by atoms with Gasteiger partial charge in [-0.15, -0.1) is 0 Å². The second-order valence-electron chi connectivity index (χ2n) is 7.05. The Morgan fingerprint density at radius 2 is 1.88 bits per heavy atom. The lowest BCUT2D eigenvalue weighted by Gasteiger charge is -2.27. The lowest BCUT2D eigenvalue weighted by atomic mass is 10.1. The fourth-order valence-electron chi connectivity index (χ4n) is 2.60. The number of nitriles is 1. The van der Waals surface area contributed by atoms with Crippen LogP contribution in [0.15, 0.2) is 24.3 Å². The van der Waals surface area contributed by atoms with Crippen molar-refractivity contribution < 1.29 is 23.9 Å². The van der Waals surface area contributed by atoms with Crippen molar-refractivity contribution in [3.63, 3.8) is 0 Å². The molecule has 1 aromatic rings. The molecule has 0 N–H and O–H groups in total. The number of Topliss-reactive ketones (excluding diaryl/α,β-unsaturated/α-hetero) is 1. The molecular formula is C19H22N2O5. The number of hydrogen-bond donors (Lipinski definition) is 0. The first-order chi connectivity index (χ1) is 12.2. The van der Waals surface area contributed by atoms with Crippen LogP contribution in [0.1, 0.15) is 49.5 Å². The number of carbonyl (C=O) groups excluding carboxylic acids is 3. The highest BCUT2D eigenvalue weighted by molar-refractivity contribution is 5.98. The second kappa shape index (κ2) is 8.00. The van der Waals surface area contributed by atoms with Crippen molar-refractivity contribution in [1.29, 1.82) is 5.26 Å². The molecule has 0 radical (unpaired) electrons. The van der Waals surface area contributed by atoms with E-state index >= 15 is 0 Å². The molecule has 0 spiro atoms. The zero-order valence-electron chi connectivity index (χ0n) is 15.2. The summed E-state index contributed by atoms with van der Waals surface area (Å²) in [4.78, 5) is 37.9. The number of benzene rings is 1. The fourth-order valence-corrected chi connectivity index (χ4v) is 2.60. The van der Waals surface area contributed by atoms with Crippen molar-refractivity contribution in [3.05, 3.63) is 35.4 Å². The summed E-state index contributed by atoms with van der Waals surface area (Å²) in [6.07, 6.45) is 0.585. The topological polar surface area (TPSA) is 96.7 Å². The summed E-state index contributed by atoms with van der Waals surface area (Å²) < 4.78 is 10.4. The van der Waals surface area contributed by atoms with Gasteiger partial charge in [-0.25, -0.2) is 9.59 Å². The van der Waals surface area contributed by atoms with E-state index in [1.165, 1.54) is 29.2 Å². The Hall–Kier alpha value is -2.88. The van der Waals surface area contributed by atoms with E-state index in [0.717, 1.165) is 0 Å². The van der Waals surface area contributed by atoms with Crippen LogP contribution in [0.3, 0.4) is 0 Å². The van der Waals surface area contributed by atoms with Crippen LogP contribution in [0, 0.1) is 11.3 Å². The molecular weight excluding hydrogens is 336 g/mol. The fraction of sp³-hybridized carbons (Fsp3) is 0.474. The monoisotopic (exact) mass is 358 g/mol. The molecule has 26 heavy (non-hydrogen) atoms. The summed E-state index contributed by atoms with van der Waals surface area (Å²) in [6.45, 7) is 5.27. The molecule has 0 unspecified atom stereocenters. The van der Waals surface area contributed by atoms with Gasteiger partial charge < -0.3 is 9.47 Å². The van der Waals surface area contributed by atoms with Crippen LogP contribution >= 0.6 is 0 Å². The van der Waals surface area contributed by atoms with Gasteiger partial charge in [-0.2, -0.15) is 5.26 Å². The van der Waals surface area contributed by atoms with Crippen LogP contribution in [0.5, 0.6) is 0 Å². The van der Waals surface area contributed by atoms with Crippen molar-refractivity contribution >= 4 is 17.8 Å². The zero-order chi connectivity index (χ0) is 19.3. The zero-order valence-corrected chi connectivity index (χ0v) is 15.2. The molecule has 0 saturated carbocycles. The van der Waals surface area contributed by atoms with Crippen LogP contribution in [0.25, 0.3) is 0 Å². The molecule has 2 rings (SSSR count). The SMILES string of the molecule is CC(C)(C)OC(=O)N1CCC[C@H]1C(=O)OCC(=O)c1ccc(C#N)cc1. The number of carbonyl (C=O) groups is 3. The van der Waals surface area contributed by atoms with Gasteiger partial charge in [-0.1, -0.05) is 0 Å². The molecule has 1 amide bonds. The second-order valence-corrected chi connectivity index (χ2v) is 7.05. The summed E-state index contributed by atoms with van der Waals surface area (Å²) >= 11 is 0. The number of rotatable bonds is 4. The summed E-state index contributed by atoms with van der Waals surface area (Å²) in [5.41, 5.74) is 0.143. The van der Waals surface area contributed by atoms with Crippen molar-refractivity contribution in [2.24, 2.45) is 0 Å². The van der Waals surface area contributed by atoms with Crippen molar-refractivity contribution in [2.45, 2.75) is 45.3 Å². The maximum atomic E-state index is 12.3. The van der Waals surface area contributed by atoms with E-state index in [1.54, 1.807) is 20.8 Å². The molecule has 1 saturated heterocycles. The minimum atomic E-state index is -0.737. The molecule has 7 heteroatoms. The van der Waals surface area contributed by atoms with Crippen LogP contribution < -0.4 is 0 Å². The van der Waals surface area contributed by atoms with Crippen molar-refractivity contribution in [1.82, 2.24) is 4.90 Å². The van der Waals surface area contributed by atoms with Crippen LogP contribution in [-0.4, -0.2) is 47.5 Å². The first-order valence-corrected chi connectivity index (χ1v) is 8.41. The van der Waals surface area contributed by atoms with Gasteiger partial charge in [-0.3, -0.25) is 9.69 Å². The van der Waals surface area contributed by atoms with Crippen LogP contribution in [-0.2, 0) is 14.3 Å². The number of ether oxygens (including phenoxy) is 2. The normalized spacial score (nSPS) is 16.7. The molecule has 1 aliphatic heterocycles. The van der Waals surface area contributed by atoms with Gasteiger partial charge in [0.1, 0.15) is 11.6 Å². The lowest BCUT2D eigenvalue weighted by molar-refractivity contribution is -0.147. The average Bonchev–Trinajstić information content (AvgIpc) is 3.08. The number of likely N-dealkylation sites (tertiary alicyclic amines) is 1. The van der Waals surface area contributed by atoms with E-state index in [9.17, 15) is 14.4 Å². The number of nitrogens with zero attached hydrogens (tertiary/aromatic N) is 2. The van der Waals surface area contributed by atoms with Gasteiger partial charge in [0.05, 0.1) is 11.6 Å². The number of hydrogen-bond acceptors (Lipinski definition) is 6. The van der Waals surface area contributed by atoms with Crippen LogP contribution in [0.4, 0.5) is 4.79 Å². The highest BCUT2D eigenvalue weighted by Crippen LogP contribution is 2.22. The molecule has 0 aliphatic carbocycles. The molecule has 0 bridgehead atoms. The van der Waals surface area contributed by atoms with E-state index in [4.69, 9.17) is 14.7 Å². The third-order valence-corrected chi connectivity index (χ3v) is 3.83. The van der Waals surface area contributed by atoms with E-state index in [1.807, 2.05) is 6.07 Å². The van der Waals surface area contributed by atoms with Gasteiger partial charge in [0, 0.05) is 12.1 Å². The summed E-state index contributed by atoms with van der Waals surface area (Å²) in [7, 11) is 0. The van der Waals surface area contributed by atoms with Gasteiger partial charge in [0.15, 0.2) is 12.4 Å². The van der Waals surface area contributed by atoms with Gasteiger partial charge in [-0.05, 0) is 57.9 Å². The maximum Gasteiger partial charge on any atom is 0.411 e. The molecule has 138 valence electrons. The van der Waals surface area contributed by atoms with Crippen molar-refractivity contribution in [3.8, 4) is 6.07 Å². The molecule has 7 nitrogen and oxygen atoms in total. The van der Waals surface area contributed by atoms with Gasteiger partial charge in [0.2, 0.25) is 0 Å². The Balaban J connectivity index is 1.92. The Labute approximate surface area is 152 Å². The van der Waals surface area contributed by atoms with E-state index < -0.39 is 30.3 Å². The predicted octanol–water partition coefficient (Wildman–Crippen LogP) is 2.68. The summed E-state index contributed by atoms with van der Waals surface area (Å²) in [6, 6.07) is 7.30. The Morgan fingerprint density at radius 3 is 2.46 bits per heavy atom. The predicted molar refractivity (Wildman–Crippen MR) is 92.4 cm³/mol. The van der Waals surface area contributed by atoms with Crippen LogP contribution in [0.2, 0.25) is 0 Å². The largest absolute Gasteiger partial charge is 0.456 e. The van der Waals surface area contributed by atoms with E-state index in [0.29, 0.717) is 30.5 Å². The summed E-state index contributed by atoms with van der Waals surface area (Å²) in [5.74, 6) is -0.986. The summed E-state index contributed by atoms with van der Waals surface area (Å²) in [5, 5.41) is 8.76.